The minimum Gasteiger partial charge on any atom is -0.426 e. The Bertz CT molecular complexity index is 821. The summed E-state index contributed by atoms with van der Waals surface area (Å²) in [7, 11) is 0. The van der Waals surface area contributed by atoms with Crippen molar-refractivity contribution < 1.29 is 9.53 Å². The number of esters is 1. The quantitative estimate of drug-likeness (QED) is 0.650. The molecule has 0 radical (unpaired) electrons. The monoisotopic (exact) mass is 337 g/mol. The van der Waals surface area contributed by atoms with Gasteiger partial charge in [-0.15, -0.1) is 0 Å². The first kappa shape index (κ1) is 16.7. The number of carbonyl (C=O) groups is 1. The summed E-state index contributed by atoms with van der Waals surface area (Å²) < 4.78 is 5.46. The smallest absolute Gasteiger partial charge is 0.314 e. The largest absolute Gasteiger partial charge is 0.426 e. The van der Waals surface area contributed by atoms with Crippen LogP contribution in [-0.2, 0) is 4.79 Å². The van der Waals surface area contributed by atoms with Crippen molar-refractivity contribution in [3.05, 3.63) is 29.8 Å². The summed E-state index contributed by atoms with van der Waals surface area (Å²) >= 11 is 0. The van der Waals surface area contributed by atoms with E-state index in [0.717, 1.165) is 25.7 Å². The minimum atomic E-state index is -0.180. The molecule has 7 heteroatoms. The van der Waals surface area contributed by atoms with E-state index in [1.54, 1.807) is 24.3 Å². The number of aromatic nitrogens is 2. The average molecular weight is 337 g/mol. The summed E-state index contributed by atoms with van der Waals surface area (Å²) in [6.07, 6.45) is 5.12. The van der Waals surface area contributed by atoms with Gasteiger partial charge >= 0.3 is 5.97 Å². The zero-order valence-electron chi connectivity index (χ0n) is 13.7. The average Bonchev–Trinajstić information content (AvgIpc) is 2.62. The van der Waals surface area contributed by atoms with Gasteiger partial charge in [0.1, 0.15) is 23.2 Å². The van der Waals surface area contributed by atoms with E-state index in [4.69, 9.17) is 16.2 Å². The van der Waals surface area contributed by atoms with Crippen LogP contribution < -0.4 is 16.2 Å². The first-order chi connectivity index (χ1) is 12.1. The normalized spacial score (nSPS) is 14.7. The zero-order chi connectivity index (χ0) is 17.8. The summed E-state index contributed by atoms with van der Waals surface area (Å²) in [5, 5.41) is 9.25. The lowest BCUT2D eigenvalue weighted by Crippen LogP contribution is -2.22. The molecule has 128 valence electrons. The van der Waals surface area contributed by atoms with Gasteiger partial charge in [-0.2, -0.15) is 10.2 Å². The topological polar surface area (TPSA) is 128 Å². The molecule has 0 atom stereocenters. The highest BCUT2D eigenvalue weighted by Crippen LogP contribution is 2.28. The van der Waals surface area contributed by atoms with Crippen LogP contribution in [0.25, 0.3) is 11.3 Å². The maximum atomic E-state index is 12.2. The number of ether oxygens (including phenoxy) is 1. The summed E-state index contributed by atoms with van der Waals surface area (Å²) in [5.74, 6) is 0.311. The van der Waals surface area contributed by atoms with Crippen molar-refractivity contribution in [2.24, 2.45) is 5.92 Å². The molecule has 0 unspecified atom stereocenters. The predicted molar refractivity (Wildman–Crippen MR) is 93.2 cm³/mol. The van der Waals surface area contributed by atoms with Crippen LogP contribution >= 0.6 is 0 Å². The Kier molecular flexibility index (Phi) is 4.80. The molecule has 1 aromatic heterocycles. The number of benzene rings is 1. The van der Waals surface area contributed by atoms with E-state index in [1.165, 1.54) is 6.42 Å². The Morgan fingerprint density at radius 1 is 1.12 bits per heavy atom. The molecule has 0 saturated heterocycles. The van der Waals surface area contributed by atoms with Crippen LogP contribution in [-0.4, -0.2) is 15.9 Å². The highest BCUT2D eigenvalue weighted by molar-refractivity contribution is 5.76. The van der Waals surface area contributed by atoms with Crippen molar-refractivity contribution >= 4 is 17.7 Å². The van der Waals surface area contributed by atoms with Crippen molar-refractivity contribution in [1.82, 2.24) is 9.97 Å². The summed E-state index contributed by atoms with van der Waals surface area (Å²) in [6, 6.07) is 8.76. The van der Waals surface area contributed by atoms with Gasteiger partial charge in [-0.25, -0.2) is 4.98 Å². The fourth-order valence-electron chi connectivity index (χ4n) is 3.03. The van der Waals surface area contributed by atoms with Crippen LogP contribution in [0.2, 0.25) is 0 Å². The molecule has 1 aliphatic rings. The van der Waals surface area contributed by atoms with Crippen LogP contribution in [0, 0.1) is 17.2 Å². The van der Waals surface area contributed by atoms with Gasteiger partial charge in [0, 0.05) is 5.56 Å². The zero-order valence-corrected chi connectivity index (χ0v) is 13.7. The fraction of sp³-hybridized carbons (Fsp3) is 0.333. The number of hydrogen-bond acceptors (Lipinski definition) is 7. The van der Waals surface area contributed by atoms with Gasteiger partial charge in [-0.3, -0.25) is 4.79 Å². The second kappa shape index (κ2) is 7.18. The van der Waals surface area contributed by atoms with Gasteiger partial charge in [0.25, 0.3) is 0 Å². The SMILES string of the molecule is N#Cc1c(N)nc(N)nc1-c1ccc(OC(=O)C2CCCCC2)cc1. The molecule has 25 heavy (non-hydrogen) atoms. The molecular formula is C18H19N5O2. The maximum absolute atomic E-state index is 12.2. The summed E-state index contributed by atoms with van der Waals surface area (Å²) in [5.41, 5.74) is 12.5. The van der Waals surface area contributed by atoms with Crippen LogP contribution in [0.5, 0.6) is 5.75 Å². The molecular weight excluding hydrogens is 318 g/mol. The first-order valence-electron chi connectivity index (χ1n) is 8.23. The minimum absolute atomic E-state index is 0.000646. The Labute approximate surface area is 145 Å². The lowest BCUT2D eigenvalue weighted by Gasteiger charge is -2.19. The fourth-order valence-corrected chi connectivity index (χ4v) is 3.03. The molecule has 1 saturated carbocycles. The highest BCUT2D eigenvalue weighted by Gasteiger charge is 2.23. The van der Waals surface area contributed by atoms with E-state index in [2.05, 4.69) is 9.97 Å². The molecule has 3 rings (SSSR count). The molecule has 1 aromatic carbocycles. The molecule has 0 spiro atoms. The van der Waals surface area contributed by atoms with E-state index in [-0.39, 0.29) is 29.2 Å². The number of anilines is 2. The lowest BCUT2D eigenvalue weighted by atomic mass is 9.89. The van der Waals surface area contributed by atoms with Gasteiger partial charge in [-0.1, -0.05) is 19.3 Å². The van der Waals surface area contributed by atoms with Crippen molar-refractivity contribution in [3.8, 4) is 23.1 Å². The molecule has 0 bridgehead atoms. The molecule has 0 amide bonds. The molecule has 0 aliphatic heterocycles. The van der Waals surface area contributed by atoms with Gasteiger partial charge in [0.05, 0.1) is 11.6 Å². The molecule has 4 N–H and O–H groups in total. The third-order valence-corrected chi connectivity index (χ3v) is 4.35. The van der Waals surface area contributed by atoms with Gasteiger partial charge in [-0.05, 0) is 37.1 Å². The lowest BCUT2D eigenvalue weighted by molar-refractivity contribution is -0.139. The standard InChI is InChI=1S/C18H19N5O2/c19-10-14-15(22-18(21)23-16(14)20)11-6-8-13(9-7-11)25-17(24)12-4-2-1-3-5-12/h6-9,12H,1-5H2,(H4,20,21,22,23). The summed E-state index contributed by atoms with van der Waals surface area (Å²) in [4.78, 5) is 20.1. The molecule has 7 nitrogen and oxygen atoms in total. The second-order valence-electron chi connectivity index (χ2n) is 6.08. The predicted octanol–water partition coefficient (Wildman–Crippen LogP) is 2.67. The third-order valence-electron chi connectivity index (χ3n) is 4.35. The van der Waals surface area contributed by atoms with E-state index in [1.807, 2.05) is 6.07 Å². The number of nitriles is 1. The van der Waals surface area contributed by atoms with E-state index >= 15 is 0 Å². The van der Waals surface area contributed by atoms with Crippen LogP contribution in [0.1, 0.15) is 37.7 Å². The number of carbonyl (C=O) groups excluding carboxylic acids is 1. The van der Waals surface area contributed by atoms with Gasteiger partial charge in [0.15, 0.2) is 0 Å². The van der Waals surface area contributed by atoms with E-state index < -0.39 is 0 Å². The van der Waals surface area contributed by atoms with Crippen LogP contribution in [0.3, 0.4) is 0 Å². The second-order valence-corrected chi connectivity index (χ2v) is 6.08. The molecule has 1 heterocycles. The third kappa shape index (κ3) is 3.69. The Morgan fingerprint density at radius 2 is 1.80 bits per heavy atom. The van der Waals surface area contributed by atoms with E-state index in [0.29, 0.717) is 17.0 Å². The van der Waals surface area contributed by atoms with Crippen molar-refractivity contribution in [2.75, 3.05) is 11.5 Å². The van der Waals surface area contributed by atoms with Crippen molar-refractivity contribution in [2.45, 2.75) is 32.1 Å². The molecule has 2 aromatic rings. The van der Waals surface area contributed by atoms with E-state index in [9.17, 15) is 10.1 Å². The Balaban J connectivity index is 1.79. The number of nitrogen functional groups attached to an aromatic ring is 2. The van der Waals surface area contributed by atoms with Crippen LogP contribution in [0.15, 0.2) is 24.3 Å². The number of nitrogens with two attached hydrogens (primary N) is 2. The Hall–Kier alpha value is -3.14. The van der Waals surface area contributed by atoms with Gasteiger partial charge in [0.2, 0.25) is 5.95 Å². The number of nitrogens with zero attached hydrogens (tertiary/aromatic N) is 3. The highest BCUT2D eigenvalue weighted by atomic mass is 16.5. The maximum Gasteiger partial charge on any atom is 0.314 e. The van der Waals surface area contributed by atoms with Gasteiger partial charge < -0.3 is 16.2 Å². The van der Waals surface area contributed by atoms with Crippen molar-refractivity contribution in [3.63, 3.8) is 0 Å². The molecule has 1 fully saturated rings. The number of rotatable bonds is 3. The van der Waals surface area contributed by atoms with Crippen molar-refractivity contribution in [1.29, 1.82) is 5.26 Å². The first-order valence-corrected chi connectivity index (χ1v) is 8.23. The molecule has 1 aliphatic carbocycles. The Morgan fingerprint density at radius 3 is 2.44 bits per heavy atom. The summed E-state index contributed by atoms with van der Waals surface area (Å²) in [6.45, 7) is 0. The number of hydrogen-bond donors (Lipinski definition) is 2. The van der Waals surface area contributed by atoms with Crippen LogP contribution in [0.4, 0.5) is 11.8 Å².